The highest BCUT2D eigenvalue weighted by molar-refractivity contribution is 7.91. The van der Waals surface area contributed by atoms with Crippen molar-refractivity contribution in [1.29, 1.82) is 0 Å². The van der Waals surface area contributed by atoms with Crippen LogP contribution in [0.2, 0.25) is 0 Å². The first-order valence-electron chi connectivity index (χ1n) is 9.38. The first-order chi connectivity index (χ1) is 14.3. The maximum Gasteiger partial charge on any atom is 0.333 e. The number of fused-ring (bicyclic) bond motifs is 2. The lowest BCUT2D eigenvalue weighted by molar-refractivity contribution is 0.0987. The Labute approximate surface area is 175 Å². The molecule has 0 saturated carbocycles. The first kappa shape index (κ1) is 19.2. The van der Waals surface area contributed by atoms with E-state index in [-0.39, 0.29) is 22.6 Å². The summed E-state index contributed by atoms with van der Waals surface area (Å²) in [5, 5.41) is 1.59. The summed E-state index contributed by atoms with van der Waals surface area (Å²) in [6, 6.07) is 7.29. The van der Waals surface area contributed by atoms with E-state index in [9.17, 15) is 13.2 Å². The number of H-pyrrole nitrogens is 1. The molecule has 4 heterocycles. The van der Waals surface area contributed by atoms with Crippen molar-refractivity contribution >= 4 is 48.2 Å². The molecule has 0 amide bonds. The minimum absolute atomic E-state index is 0.0492. The van der Waals surface area contributed by atoms with E-state index in [0.29, 0.717) is 46.8 Å². The van der Waals surface area contributed by atoms with E-state index in [1.807, 2.05) is 19.1 Å². The van der Waals surface area contributed by atoms with E-state index in [2.05, 4.69) is 14.9 Å². The minimum Gasteiger partial charge on any atom is -0.377 e. The molecule has 0 radical (unpaired) electrons. The average molecular weight is 446 g/mol. The fourth-order valence-corrected chi connectivity index (χ4v) is 6.00. The number of rotatable bonds is 3. The SMILES string of the molecule is C[C@@H]1COCCN1c1nc(-n2c(=O)[nH]c3ccccc32)nc2c(S(C)(=O)=O)csc12. The Morgan fingerprint density at radius 1 is 1.27 bits per heavy atom. The molecular formula is C19H19N5O4S2. The van der Waals surface area contributed by atoms with Crippen molar-refractivity contribution in [3.63, 3.8) is 0 Å². The molecule has 1 aliphatic heterocycles. The van der Waals surface area contributed by atoms with Crippen molar-refractivity contribution in [2.45, 2.75) is 17.9 Å². The number of aromatic amines is 1. The van der Waals surface area contributed by atoms with Gasteiger partial charge in [-0.25, -0.2) is 22.8 Å². The van der Waals surface area contributed by atoms with E-state index in [1.165, 1.54) is 15.9 Å². The van der Waals surface area contributed by atoms with Crippen LogP contribution in [-0.2, 0) is 14.6 Å². The summed E-state index contributed by atoms with van der Waals surface area (Å²) in [6.07, 6.45) is 1.16. The lowest BCUT2D eigenvalue weighted by Gasteiger charge is -2.34. The summed E-state index contributed by atoms with van der Waals surface area (Å²) in [5.74, 6) is 0.754. The number of aromatic nitrogens is 4. The van der Waals surface area contributed by atoms with Gasteiger partial charge in [-0.3, -0.25) is 0 Å². The minimum atomic E-state index is -3.50. The molecule has 1 N–H and O–H groups in total. The number of nitrogens with zero attached hydrogens (tertiary/aromatic N) is 4. The van der Waals surface area contributed by atoms with Gasteiger partial charge in [0.15, 0.2) is 15.7 Å². The predicted molar refractivity (Wildman–Crippen MR) is 116 cm³/mol. The van der Waals surface area contributed by atoms with Crippen LogP contribution in [0.4, 0.5) is 5.82 Å². The number of para-hydroxylation sites is 2. The molecule has 1 aliphatic rings. The molecular weight excluding hydrogens is 426 g/mol. The van der Waals surface area contributed by atoms with Gasteiger partial charge in [0.2, 0.25) is 5.95 Å². The Kier molecular flexibility index (Phi) is 4.42. The van der Waals surface area contributed by atoms with Crippen LogP contribution in [0.3, 0.4) is 0 Å². The molecule has 1 saturated heterocycles. The Balaban J connectivity index is 1.85. The number of imidazole rings is 1. The maximum absolute atomic E-state index is 12.7. The molecule has 11 heteroatoms. The Morgan fingerprint density at radius 3 is 2.83 bits per heavy atom. The molecule has 0 bridgehead atoms. The van der Waals surface area contributed by atoms with Crippen LogP contribution in [-0.4, -0.2) is 60.0 Å². The van der Waals surface area contributed by atoms with E-state index in [0.717, 1.165) is 6.26 Å². The number of thiophene rings is 1. The van der Waals surface area contributed by atoms with E-state index in [4.69, 9.17) is 9.72 Å². The van der Waals surface area contributed by atoms with Gasteiger partial charge >= 0.3 is 5.69 Å². The number of anilines is 1. The van der Waals surface area contributed by atoms with Crippen LogP contribution in [0, 0.1) is 0 Å². The summed E-state index contributed by atoms with van der Waals surface area (Å²) in [6.45, 7) is 3.72. The van der Waals surface area contributed by atoms with Gasteiger partial charge in [0, 0.05) is 18.2 Å². The van der Waals surface area contributed by atoms with Crippen molar-refractivity contribution in [3.05, 3.63) is 40.1 Å². The van der Waals surface area contributed by atoms with Crippen LogP contribution in [0.5, 0.6) is 0 Å². The summed E-state index contributed by atoms with van der Waals surface area (Å²) < 4.78 is 32.4. The third kappa shape index (κ3) is 3.01. The zero-order chi connectivity index (χ0) is 21.0. The van der Waals surface area contributed by atoms with Crippen LogP contribution in [0.25, 0.3) is 27.2 Å². The van der Waals surface area contributed by atoms with Crippen LogP contribution >= 0.6 is 11.3 Å². The van der Waals surface area contributed by atoms with Gasteiger partial charge in [-0.05, 0) is 19.1 Å². The standard InChI is InChI=1S/C19H19N5O4S2/c1-11-9-28-8-7-23(11)17-16-15(14(10-29-16)30(2,26)27)21-18(22-17)24-13-6-4-3-5-12(13)20-19(24)25/h3-6,10-11H,7-9H2,1-2H3,(H,20,25)/t11-/m1/s1. The molecule has 0 unspecified atom stereocenters. The van der Waals surface area contributed by atoms with E-state index >= 15 is 0 Å². The molecule has 1 atom stereocenters. The quantitative estimate of drug-likeness (QED) is 0.513. The molecule has 1 fully saturated rings. The van der Waals surface area contributed by atoms with Gasteiger partial charge in [0.25, 0.3) is 0 Å². The Morgan fingerprint density at radius 2 is 2.07 bits per heavy atom. The third-order valence-electron chi connectivity index (χ3n) is 5.18. The van der Waals surface area contributed by atoms with Crippen LogP contribution in [0.1, 0.15) is 6.92 Å². The van der Waals surface area contributed by atoms with Gasteiger partial charge in [-0.1, -0.05) is 12.1 Å². The molecule has 9 nitrogen and oxygen atoms in total. The second-order valence-electron chi connectivity index (χ2n) is 7.30. The largest absolute Gasteiger partial charge is 0.377 e. The summed E-state index contributed by atoms with van der Waals surface area (Å²) in [5.41, 5.74) is 1.23. The van der Waals surface area contributed by atoms with E-state index in [1.54, 1.807) is 17.5 Å². The van der Waals surface area contributed by atoms with Gasteiger partial charge in [-0.15, -0.1) is 11.3 Å². The molecule has 30 heavy (non-hydrogen) atoms. The Bertz CT molecular complexity index is 1440. The highest BCUT2D eigenvalue weighted by Crippen LogP contribution is 2.36. The highest BCUT2D eigenvalue weighted by Gasteiger charge is 2.27. The molecule has 4 aromatic rings. The van der Waals surface area contributed by atoms with Crippen molar-refractivity contribution in [2.75, 3.05) is 30.9 Å². The molecule has 3 aromatic heterocycles. The van der Waals surface area contributed by atoms with Gasteiger partial charge < -0.3 is 14.6 Å². The van der Waals surface area contributed by atoms with Gasteiger partial charge in [0.1, 0.15) is 10.4 Å². The van der Waals surface area contributed by atoms with Crippen LogP contribution < -0.4 is 10.6 Å². The Hall–Kier alpha value is -2.76. The summed E-state index contributed by atoms with van der Waals surface area (Å²) >= 11 is 1.30. The number of morpholine rings is 1. The molecule has 0 aliphatic carbocycles. The van der Waals surface area contributed by atoms with Crippen molar-refractivity contribution in [3.8, 4) is 5.95 Å². The van der Waals surface area contributed by atoms with Crippen LogP contribution in [0.15, 0.2) is 39.3 Å². The lowest BCUT2D eigenvalue weighted by atomic mass is 10.2. The topological polar surface area (TPSA) is 110 Å². The highest BCUT2D eigenvalue weighted by atomic mass is 32.2. The van der Waals surface area contributed by atoms with Crippen molar-refractivity contribution in [1.82, 2.24) is 19.5 Å². The van der Waals surface area contributed by atoms with Gasteiger partial charge in [0.05, 0.1) is 35.0 Å². The number of sulfone groups is 1. The summed E-state index contributed by atoms with van der Waals surface area (Å²) in [4.78, 5) is 27.0. The fraction of sp³-hybridized carbons (Fsp3) is 0.316. The maximum atomic E-state index is 12.7. The first-order valence-corrected chi connectivity index (χ1v) is 12.2. The monoisotopic (exact) mass is 445 g/mol. The number of ether oxygens (including phenoxy) is 1. The number of nitrogens with one attached hydrogen (secondary N) is 1. The average Bonchev–Trinajstić information content (AvgIpc) is 3.27. The zero-order valence-corrected chi connectivity index (χ0v) is 18.0. The second-order valence-corrected chi connectivity index (χ2v) is 10.2. The molecule has 156 valence electrons. The number of hydrogen-bond acceptors (Lipinski definition) is 8. The second kappa shape index (κ2) is 6.89. The third-order valence-corrected chi connectivity index (χ3v) is 7.41. The molecule has 0 spiro atoms. The smallest absolute Gasteiger partial charge is 0.333 e. The predicted octanol–water partition coefficient (Wildman–Crippen LogP) is 1.95. The molecule has 1 aromatic carbocycles. The van der Waals surface area contributed by atoms with E-state index < -0.39 is 9.84 Å². The van der Waals surface area contributed by atoms with Crippen molar-refractivity contribution in [2.24, 2.45) is 0 Å². The summed E-state index contributed by atoms with van der Waals surface area (Å²) in [7, 11) is -3.50. The lowest BCUT2D eigenvalue weighted by Crippen LogP contribution is -2.44. The number of benzene rings is 1. The molecule has 5 rings (SSSR count). The normalized spacial score (nSPS) is 17.8. The van der Waals surface area contributed by atoms with Crippen molar-refractivity contribution < 1.29 is 13.2 Å². The zero-order valence-electron chi connectivity index (χ0n) is 16.3. The number of hydrogen-bond donors (Lipinski definition) is 1. The fourth-order valence-electron chi connectivity index (χ4n) is 3.72. The van der Waals surface area contributed by atoms with Gasteiger partial charge in [-0.2, -0.15) is 4.98 Å².